The molecule has 1 fully saturated rings. The molecule has 9 heteroatoms. The number of rotatable bonds is 4. The molecule has 0 saturated carbocycles. The molecule has 0 radical (unpaired) electrons. The number of ether oxygens (including phenoxy) is 1. The Balaban J connectivity index is 1.27. The van der Waals surface area contributed by atoms with E-state index in [-0.39, 0.29) is 11.9 Å². The topological polar surface area (TPSA) is 61.5 Å². The van der Waals surface area contributed by atoms with Crippen molar-refractivity contribution in [3.8, 4) is 11.4 Å². The average Bonchev–Trinajstić information content (AvgIpc) is 3.43. The summed E-state index contributed by atoms with van der Waals surface area (Å²) in [5.74, 6) is 3.03. The Morgan fingerprint density at radius 3 is 2.13 bits per heavy atom. The van der Waals surface area contributed by atoms with Crippen LogP contribution in [0.5, 0.6) is 5.75 Å². The number of fused-ring (bicyclic) bond motifs is 4. The molecule has 8 nitrogen and oxygen atoms in total. The first-order valence-electron chi connectivity index (χ1n) is 15.2. The van der Waals surface area contributed by atoms with Gasteiger partial charge in [0, 0.05) is 37.4 Å². The summed E-state index contributed by atoms with van der Waals surface area (Å²) in [4.78, 5) is 17.6. The summed E-state index contributed by atoms with van der Waals surface area (Å²) < 4.78 is 21.1. The number of anilines is 2. The highest BCUT2D eigenvalue weighted by Gasteiger charge is 2.43. The highest BCUT2D eigenvalue weighted by Crippen LogP contribution is 2.48. The van der Waals surface area contributed by atoms with Gasteiger partial charge in [-0.05, 0) is 73.2 Å². The predicted octanol–water partition coefficient (Wildman–Crippen LogP) is 6.83. The Labute approximate surface area is 261 Å². The van der Waals surface area contributed by atoms with Gasteiger partial charge in [-0.25, -0.2) is 19.1 Å². The monoisotopic (exact) mass is 597 g/mol. The number of amidine groups is 2. The third-order valence-electron chi connectivity index (χ3n) is 8.82. The summed E-state index contributed by atoms with van der Waals surface area (Å²) in [6, 6.07) is 33.3. The zero-order valence-corrected chi connectivity index (χ0v) is 25.1. The number of benzene rings is 4. The van der Waals surface area contributed by atoms with E-state index in [0.717, 1.165) is 89.0 Å². The fraction of sp³-hybridized carbons (Fsp3) is 0.194. The third kappa shape index (κ3) is 4.63. The Morgan fingerprint density at radius 2 is 1.40 bits per heavy atom. The minimum Gasteiger partial charge on any atom is -0.497 e. The standard InChI is InChI=1S/C36H32FN7O/c1-24-32-33(25-12-18-29(45-2)19-13-25)43-31-11-7-6-10-30(31)38-35(36(43)39-34(32)44(40-24)28-8-4-3-5-9-28)42-22-20-41(21-23-42)27-16-14-26(37)15-17-27/h3-19,33H,20-23H2,1-2H3/t33-/m0/s1. The van der Waals surface area contributed by atoms with E-state index in [1.165, 1.54) is 12.1 Å². The van der Waals surface area contributed by atoms with E-state index in [4.69, 9.17) is 19.8 Å². The van der Waals surface area contributed by atoms with Crippen molar-refractivity contribution >= 4 is 34.6 Å². The van der Waals surface area contributed by atoms with Gasteiger partial charge in [0.2, 0.25) is 0 Å². The molecule has 45 heavy (non-hydrogen) atoms. The number of nitrogens with zero attached hydrogens (tertiary/aromatic N) is 7. The second-order valence-corrected chi connectivity index (χ2v) is 11.4. The van der Waals surface area contributed by atoms with E-state index < -0.39 is 0 Å². The minimum atomic E-state index is -0.223. The zero-order chi connectivity index (χ0) is 30.5. The van der Waals surface area contributed by atoms with E-state index in [2.05, 4.69) is 64.1 Å². The van der Waals surface area contributed by atoms with E-state index in [0.29, 0.717) is 0 Å². The quantitative estimate of drug-likeness (QED) is 0.227. The molecule has 0 bridgehead atoms. The van der Waals surface area contributed by atoms with Crippen LogP contribution >= 0.6 is 0 Å². The first-order valence-corrected chi connectivity index (χ1v) is 15.2. The summed E-state index contributed by atoms with van der Waals surface area (Å²) >= 11 is 0. The number of para-hydroxylation sites is 3. The van der Waals surface area contributed by atoms with Crippen molar-refractivity contribution in [1.82, 2.24) is 14.7 Å². The molecule has 4 aromatic carbocycles. The van der Waals surface area contributed by atoms with Crippen LogP contribution in [0.4, 0.5) is 27.3 Å². The fourth-order valence-electron chi connectivity index (χ4n) is 6.59. The van der Waals surface area contributed by atoms with Crippen molar-refractivity contribution in [1.29, 1.82) is 0 Å². The van der Waals surface area contributed by atoms with Crippen molar-refractivity contribution in [2.24, 2.45) is 9.98 Å². The van der Waals surface area contributed by atoms with Crippen LogP contribution in [0.1, 0.15) is 22.9 Å². The molecular formula is C36H32FN7O. The largest absolute Gasteiger partial charge is 0.497 e. The Morgan fingerprint density at radius 1 is 0.711 bits per heavy atom. The molecule has 1 aromatic heterocycles. The molecule has 4 heterocycles. The highest BCUT2D eigenvalue weighted by atomic mass is 19.1. The maximum absolute atomic E-state index is 13.6. The molecular weight excluding hydrogens is 565 g/mol. The summed E-state index contributed by atoms with van der Waals surface area (Å²) in [6.07, 6.45) is 0. The smallest absolute Gasteiger partial charge is 0.179 e. The van der Waals surface area contributed by atoms with Gasteiger partial charge in [0.15, 0.2) is 17.5 Å². The number of hydrogen-bond acceptors (Lipinski definition) is 7. The Hall–Kier alpha value is -5.44. The molecule has 0 unspecified atom stereocenters. The number of aromatic nitrogens is 2. The fourth-order valence-corrected chi connectivity index (χ4v) is 6.59. The Bertz CT molecular complexity index is 1930. The molecule has 0 amide bonds. The van der Waals surface area contributed by atoms with Crippen molar-refractivity contribution in [3.05, 3.63) is 126 Å². The molecule has 0 aliphatic carbocycles. The van der Waals surface area contributed by atoms with Crippen LogP contribution in [0.15, 0.2) is 113 Å². The molecule has 1 saturated heterocycles. The number of aryl methyl sites for hydroxylation is 1. The first-order chi connectivity index (χ1) is 22.1. The molecule has 8 rings (SSSR count). The molecule has 224 valence electrons. The van der Waals surface area contributed by atoms with Crippen LogP contribution in [0, 0.1) is 12.7 Å². The molecule has 3 aliphatic heterocycles. The van der Waals surface area contributed by atoms with Crippen molar-refractivity contribution in [2.75, 3.05) is 43.1 Å². The molecule has 5 aromatic rings. The lowest BCUT2D eigenvalue weighted by atomic mass is 9.93. The molecule has 1 atom stereocenters. The van der Waals surface area contributed by atoms with Crippen LogP contribution in [0.2, 0.25) is 0 Å². The zero-order valence-electron chi connectivity index (χ0n) is 25.1. The summed E-state index contributed by atoms with van der Waals surface area (Å²) in [5, 5.41) is 5.04. The highest BCUT2D eigenvalue weighted by molar-refractivity contribution is 6.48. The van der Waals surface area contributed by atoms with Crippen molar-refractivity contribution in [2.45, 2.75) is 13.0 Å². The molecule has 0 spiro atoms. The lowest BCUT2D eigenvalue weighted by molar-refractivity contribution is 0.389. The van der Waals surface area contributed by atoms with E-state index in [1.807, 2.05) is 53.2 Å². The maximum Gasteiger partial charge on any atom is 0.179 e. The van der Waals surface area contributed by atoms with Crippen LogP contribution in [-0.4, -0.2) is 59.6 Å². The molecule has 0 N–H and O–H groups in total. The van der Waals surface area contributed by atoms with Gasteiger partial charge in [0.1, 0.15) is 11.6 Å². The van der Waals surface area contributed by atoms with Gasteiger partial charge >= 0.3 is 0 Å². The van der Waals surface area contributed by atoms with Gasteiger partial charge < -0.3 is 19.4 Å². The van der Waals surface area contributed by atoms with E-state index in [1.54, 1.807) is 7.11 Å². The van der Waals surface area contributed by atoms with Crippen LogP contribution in [-0.2, 0) is 0 Å². The lowest BCUT2D eigenvalue weighted by Crippen LogP contribution is -2.55. The average molecular weight is 598 g/mol. The number of piperazine rings is 1. The normalized spacial score (nSPS) is 17.2. The number of halogens is 1. The number of methoxy groups -OCH3 is 1. The lowest BCUT2D eigenvalue weighted by Gasteiger charge is -2.44. The number of aliphatic imine (C=N–C) groups is 2. The van der Waals surface area contributed by atoms with Gasteiger partial charge in [-0.2, -0.15) is 5.10 Å². The summed E-state index contributed by atoms with van der Waals surface area (Å²) in [7, 11) is 1.69. The summed E-state index contributed by atoms with van der Waals surface area (Å²) in [5.41, 5.74) is 6.98. The second kappa shape index (κ2) is 10.9. The van der Waals surface area contributed by atoms with Gasteiger partial charge in [0.25, 0.3) is 0 Å². The van der Waals surface area contributed by atoms with Gasteiger partial charge in [-0.15, -0.1) is 0 Å². The SMILES string of the molecule is COc1ccc([C@H]2c3c(C)nn(-c4ccccc4)c3N=C3C(N4CCN(c5ccc(F)cc5)CC4)=Nc4ccccc4N32)cc1. The van der Waals surface area contributed by atoms with E-state index >= 15 is 0 Å². The first kappa shape index (κ1) is 27.1. The van der Waals surface area contributed by atoms with Crippen LogP contribution < -0.4 is 14.5 Å². The van der Waals surface area contributed by atoms with Gasteiger partial charge in [-0.1, -0.05) is 42.5 Å². The van der Waals surface area contributed by atoms with Crippen molar-refractivity contribution < 1.29 is 9.13 Å². The number of hydrogen-bond donors (Lipinski definition) is 0. The predicted molar refractivity (Wildman–Crippen MR) is 176 cm³/mol. The minimum absolute atomic E-state index is 0.192. The van der Waals surface area contributed by atoms with Crippen LogP contribution in [0.25, 0.3) is 5.69 Å². The maximum atomic E-state index is 13.6. The van der Waals surface area contributed by atoms with Crippen LogP contribution in [0.3, 0.4) is 0 Å². The second-order valence-electron chi connectivity index (χ2n) is 11.4. The van der Waals surface area contributed by atoms with E-state index in [9.17, 15) is 4.39 Å². The molecule has 3 aliphatic rings. The van der Waals surface area contributed by atoms with Crippen molar-refractivity contribution in [3.63, 3.8) is 0 Å². The third-order valence-corrected chi connectivity index (χ3v) is 8.82. The Kier molecular flexibility index (Phi) is 6.59. The van der Waals surface area contributed by atoms with Gasteiger partial charge in [0.05, 0.1) is 35.9 Å². The van der Waals surface area contributed by atoms with Gasteiger partial charge in [-0.3, -0.25) is 0 Å². The summed E-state index contributed by atoms with van der Waals surface area (Å²) in [6.45, 7) is 5.14.